The lowest BCUT2D eigenvalue weighted by Gasteiger charge is -2.14. The highest BCUT2D eigenvalue weighted by atomic mass is 79.9. The molecule has 1 aromatic heterocycles. The van der Waals surface area contributed by atoms with Crippen LogP contribution in [-0.4, -0.2) is 30.3 Å². The first-order chi connectivity index (χ1) is 18.4. The molecule has 196 valence electrons. The van der Waals surface area contributed by atoms with Gasteiger partial charge in [-0.3, -0.25) is 14.9 Å². The predicted octanol–water partition coefficient (Wildman–Crippen LogP) is 6.24. The van der Waals surface area contributed by atoms with Gasteiger partial charge in [-0.25, -0.2) is 5.43 Å². The fourth-order valence-electron chi connectivity index (χ4n) is 3.56. The number of nitro benzene ring substituents is 1. The van der Waals surface area contributed by atoms with Crippen LogP contribution in [0.5, 0.6) is 17.2 Å². The third-order valence-corrected chi connectivity index (χ3v) is 5.96. The van der Waals surface area contributed by atoms with Gasteiger partial charge in [-0.05, 0) is 71.7 Å². The molecule has 4 rings (SSSR count). The Morgan fingerprint density at radius 2 is 1.84 bits per heavy atom. The number of nitro groups is 1. The fourth-order valence-corrected chi connectivity index (χ4v) is 3.98. The number of hydrogen-bond acceptors (Lipinski definition) is 8. The minimum absolute atomic E-state index is 0.0103. The molecule has 0 fully saturated rings. The third kappa shape index (κ3) is 6.48. The van der Waals surface area contributed by atoms with Crippen LogP contribution in [0.15, 0.2) is 74.7 Å². The van der Waals surface area contributed by atoms with Crippen molar-refractivity contribution in [3.05, 3.63) is 92.1 Å². The van der Waals surface area contributed by atoms with Gasteiger partial charge in [0.2, 0.25) is 0 Å². The number of carbonyl (C=O) groups excluding carboxylic acids is 1. The molecule has 0 spiro atoms. The average molecular weight is 582 g/mol. The summed E-state index contributed by atoms with van der Waals surface area (Å²) in [5.41, 5.74) is 4.28. The normalized spacial score (nSPS) is 11.0. The van der Waals surface area contributed by atoms with Gasteiger partial charge in [-0.2, -0.15) is 5.10 Å². The van der Waals surface area contributed by atoms with E-state index in [1.54, 1.807) is 48.5 Å². The number of hydrazone groups is 1. The second-order valence-corrected chi connectivity index (χ2v) is 8.77. The summed E-state index contributed by atoms with van der Waals surface area (Å²) in [6.45, 7) is 4.77. The Morgan fingerprint density at radius 3 is 2.61 bits per heavy atom. The summed E-state index contributed by atoms with van der Waals surface area (Å²) in [6.07, 6.45) is 1.46. The number of carbonyl (C=O) groups is 1. The number of amides is 1. The Balaban J connectivity index is 1.45. The second kappa shape index (κ2) is 12.2. The standard InChI is InChI=1S/C27H24BrN3O7/c1-3-35-21-8-9-23-18(11-21)12-26(38-23)27(32)30-29-15-19-13-24(36-4-2)25(14-22(19)28)37-16-17-6-5-7-20(10-17)31(33)34/h5-15H,3-4,16H2,1-2H3,(H,30,32)/b29-15+. The van der Waals surface area contributed by atoms with Gasteiger partial charge in [0.1, 0.15) is 17.9 Å². The Labute approximate surface area is 226 Å². The monoisotopic (exact) mass is 581 g/mol. The van der Waals surface area contributed by atoms with E-state index in [0.29, 0.717) is 51.6 Å². The number of rotatable bonds is 11. The lowest BCUT2D eigenvalue weighted by Crippen LogP contribution is -2.16. The number of nitrogens with one attached hydrogen (secondary N) is 1. The molecule has 0 radical (unpaired) electrons. The zero-order valence-corrected chi connectivity index (χ0v) is 22.2. The first-order valence-corrected chi connectivity index (χ1v) is 12.5. The van der Waals surface area contributed by atoms with Crippen molar-refractivity contribution in [2.45, 2.75) is 20.5 Å². The van der Waals surface area contributed by atoms with E-state index in [0.717, 1.165) is 5.39 Å². The third-order valence-electron chi connectivity index (χ3n) is 5.27. The fraction of sp³-hybridized carbons (Fsp3) is 0.185. The quantitative estimate of drug-likeness (QED) is 0.126. The number of hydrogen-bond donors (Lipinski definition) is 1. The molecule has 0 aliphatic carbocycles. The van der Waals surface area contributed by atoms with E-state index in [1.807, 2.05) is 13.8 Å². The van der Waals surface area contributed by atoms with Crippen LogP contribution in [0.2, 0.25) is 0 Å². The van der Waals surface area contributed by atoms with E-state index in [2.05, 4.69) is 26.5 Å². The van der Waals surface area contributed by atoms with Crippen LogP contribution in [0.3, 0.4) is 0 Å². The minimum Gasteiger partial charge on any atom is -0.494 e. The Hall–Kier alpha value is -4.38. The zero-order chi connectivity index (χ0) is 27.1. The molecule has 0 unspecified atom stereocenters. The van der Waals surface area contributed by atoms with Crippen LogP contribution in [0.1, 0.15) is 35.5 Å². The van der Waals surface area contributed by atoms with E-state index >= 15 is 0 Å². The van der Waals surface area contributed by atoms with Crippen molar-refractivity contribution in [2.24, 2.45) is 5.10 Å². The number of halogens is 1. The summed E-state index contributed by atoms with van der Waals surface area (Å²) in [7, 11) is 0. The van der Waals surface area contributed by atoms with Crippen molar-refractivity contribution >= 4 is 44.7 Å². The second-order valence-electron chi connectivity index (χ2n) is 7.91. The minimum atomic E-state index is -0.506. The molecule has 1 N–H and O–H groups in total. The average Bonchev–Trinajstić information content (AvgIpc) is 3.33. The Morgan fingerprint density at radius 1 is 1.05 bits per heavy atom. The lowest BCUT2D eigenvalue weighted by molar-refractivity contribution is -0.384. The molecule has 10 nitrogen and oxygen atoms in total. The van der Waals surface area contributed by atoms with Gasteiger partial charge < -0.3 is 18.6 Å². The molecule has 0 aliphatic heterocycles. The number of benzene rings is 3. The largest absolute Gasteiger partial charge is 0.494 e. The SMILES string of the molecule is CCOc1ccc2oc(C(=O)N/N=C/c3cc(OCC)c(OCc4cccc([N+](=O)[O-])c4)cc3Br)cc2c1. The van der Waals surface area contributed by atoms with Gasteiger partial charge in [-0.15, -0.1) is 0 Å². The summed E-state index contributed by atoms with van der Waals surface area (Å²) in [4.78, 5) is 23.1. The molecule has 0 bridgehead atoms. The Bertz CT molecular complexity index is 1500. The molecule has 3 aromatic carbocycles. The summed E-state index contributed by atoms with van der Waals surface area (Å²) >= 11 is 3.49. The van der Waals surface area contributed by atoms with Crippen LogP contribution in [0.25, 0.3) is 11.0 Å². The molecule has 1 heterocycles. The lowest BCUT2D eigenvalue weighted by atomic mass is 10.2. The molecule has 11 heteroatoms. The molecular weight excluding hydrogens is 558 g/mol. The topological polar surface area (TPSA) is 125 Å². The number of non-ortho nitro benzene ring substituents is 1. The molecule has 38 heavy (non-hydrogen) atoms. The highest BCUT2D eigenvalue weighted by molar-refractivity contribution is 9.10. The van der Waals surface area contributed by atoms with E-state index in [-0.39, 0.29) is 18.1 Å². The van der Waals surface area contributed by atoms with Crippen LogP contribution in [0, 0.1) is 10.1 Å². The molecule has 0 aliphatic rings. The molecule has 0 saturated heterocycles. The number of ether oxygens (including phenoxy) is 3. The predicted molar refractivity (Wildman–Crippen MR) is 145 cm³/mol. The summed E-state index contributed by atoms with van der Waals surface area (Å²) in [5.74, 6) is 1.20. The van der Waals surface area contributed by atoms with Crippen molar-refractivity contribution in [1.29, 1.82) is 0 Å². The highest BCUT2D eigenvalue weighted by Crippen LogP contribution is 2.34. The smallest absolute Gasteiger partial charge is 0.307 e. The van der Waals surface area contributed by atoms with Crippen molar-refractivity contribution < 1.29 is 28.3 Å². The van der Waals surface area contributed by atoms with Crippen molar-refractivity contribution in [1.82, 2.24) is 5.43 Å². The Kier molecular flexibility index (Phi) is 8.59. The van der Waals surface area contributed by atoms with E-state index in [4.69, 9.17) is 18.6 Å². The zero-order valence-electron chi connectivity index (χ0n) is 20.6. The van der Waals surface area contributed by atoms with E-state index in [1.165, 1.54) is 18.3 Å². The van der Waals surface area contributed by atoms with Gasteiger partial charge in [0.05, 0.1) is 24.4 Å². The maximum absolute atomic E-state index is 12.6. The van der Waals surface area contributed by atoms with Crippen LogP contribution < -0.4 is 19.6 Å². The number of fused-ring (bicyclic) bond motifs is 1. The van der Waals surface area contributed by atoms with Crippen molar-refractivity contribution in [2.75, 3.05) is 13.2 Å². The van der Waals surface area contributed by atoms with Gasteiger partial charge >= 0.3 is 5.91 Å². The molecule has 0 atom stereocenters. The summed E-state index contributed by atoms with van der Waals surface area (Å²) < 4.78 is 23.3. The summed E-state index contributed by atoms with van der Waals surface area (Å²) in [5, 5.41) is 15.8. The van der Waals surface area contributed by atoms with E-state index < -0.39 is 10.8 Å². The van der Waals surface area contributed by atoms with Crippen LogP contribution in [0.4, 0.5) is 5.69 Å². The number of furan rings is 1. The number of nitrogens with zero attached hydrogens (tertiary/aromatic N) is 2. The molecule has 0 saturated carbocycles. The molecule has 1 amide bonds. The van der Waals surface area contributed by atoms with Gasteiger partial charge in [0, 0.05) is 27.6 Å². The van der Waals surface area contributed by atoms with Crippen LogP contribution >= 0.6 is 15.9 Å². The van der Waals surface area contributed by atoms with Gasteiger partial charge in [0.15, 0.2) is 17.3 Å². The van der Waals surface area contributed by atoms with Crippen molar-refractivity contribution in [3.8, 4) is 17.2 Å². The first-order valence-electron chi connectivity index (χ1n) is 11.7. The molecule has 4 aromatic rings. The molecular formula is C27H24BrN3O7. The van der Waals surface area contributed by atoms with E-state index in [9.17, 15) is 14.9 Å². The maximum atomic E-state index is 12.6. The first kappa shape index (κ1) is 26.7. The van der Waals surface area contributed by atoms with Crippen LogP contribution in [-0.2, 0) is 6.61 Å². The van der Waals surface area contributed by atoms with Gasteiger partial charge in [-0.1, -0.05) is 12.1 Å². The highest BCUT2D eigenvalue weighted by Gasteiger charge is 2.14. The van der Waals surface area contributed by atoms with Gasteiger partial charge in [0.25, 0.3) is 5.69 Å². The summed E-state index contributed by atoms with van der Waals surface area (Å²) in [6, 6.07) is 16.6. The maximum Gasteiger partial charge on any atom is 0.307 e. The van der Waals surface area contributed by atoms with Crippen molar-refractivity contribution in [3.63, 3.8) is 0 Å².